The minimum atomic E-state index is 0.235. The van der Waals surface area contributed by atoms with Crippen LogP contribution >= 0.6 is 11.8 Å². The topological polar surface area (TPSA) is 23.6 Å². The zero-order valence-corrected chi connectivity index (χ0v) is 9.55. The number of nitrogens with zero attached hydrogens (tertiary/aromatic N) is 2. The van der Waals surface area contributed by atoms with E-state index in [0.29, 0.717) is 6.04 Å². The summed E-state index contributed by atoms with van der Waals surface area (Å²) in [6.45, 7) is 6.01. The van der Waals surface area contributed by atoms with Gasteiger partial charge in [0.15, 0.2) is 0 Å². The molecule has 14 heavy (non-hydrogen) atoms. The first-order valence-electron chi connectivity index (χ1n) is 5.34. The highest BCUT2D eigenvalue weighted by atomic mass is 32.2. The molecule has 1 atom stereocenters. The summed E-state index contributed by atoms with van der Waals surface area (Å²) in [5.74, 6) is 2.76. The first-order chi connectivity index (χ1) is 6.77. The van der Waals surface area contributed by atoms with Crippen LogP contribution in [0.5, 0.6) is 0 Å². The van der Waals surface area contributed by atoms with Crippen molar-refractivity contribution in [2.24, 2.45) is 0 Å². The van der Waals surface area contributed by atoms with E-state index in [1.54, 1.807) is 6.92 Å². The van der Waals surface area contributed by atoms with Gasteiger partial charge in [0.25, 0.3) is 0 Å². The quantitative estimate of drug-likeness (QED) is 0.640. The molecule has 0 N–H and O–H groups in total. The van der Waals surface area contributed by atoms with Crippen molar-refractivity contribution in [2.75, 3.05) is 37.7 Å². The number of thioether (sulfide) groups is 1. The summed E-state index contributed by atoms with van der Waals surface area (Å²) in [6, 6.07) is 0.639. The molecule has 0 saturated carbocycles. The third-order valence-corrected chi connectivity index (χ3v) is 4.11. The first kappa shape index (κ1) is 10.3. The molecule has 1 unspecified atom stereocenters. The maximum atomic E-state index is 11.2. The molecular weight excluding hydrogens is 196 g/mol. The van der Waals surface area contributed by atoms with E-state index in [1.807, 2.05) is 16.7 Å². The van der Waals surface area contributed by atoms with Crippen LogP contribution in [0.25, 0.3) is 0 Å². The number of likely N-dealkylation sites (tertiary alicyclic amines) is 1. The minimum absolute atomic E-state index is 0.235. The highest BCUT2D eigenvalue weighted by molar-refractivity contribution is 7.99. The monoisotopic (exact) mass is 214 g/mol. The van der Waals surface area contributed by atoms with Crippen molar-refractivity contribution in [1.29, 1.82) is 0 Å². The summed E-state index contributed by atoms with van der Waals surface area (Å²) >= 11 is 2.04. The summed E-state index contributed by atoms with van der Waals surface area (Å²) in [5, 5.41) is 0. The molecule has 0 aromatic carbocycles. The van der Waals surface area contributed by atoms with E-state index in [9.17, 15) is 4.79 Å². The van der Waals surface area contributed by atoms with Crippen molar-refractivity contribution >= 4 is 17.7 Å². The fraction of sp³-hybridized carbons (Fsp3) is 0.900. The molecule has 2 rings (SSSR count). The predicted octanol–water partition coefficient (Wildman–Crippen LogP) is 0.656. The lowest BCUT2D eigenvalue weighted by atomic mass is 10.2. The van der Waals surface area contributed by atoms with Crippen LogP contribution < -0.4 is 0 Å². The molecule has 2 saturated heterocycles. The molecule has 0 aromatic rings. The van der Waals surface area contributed by atoms with Crippen LogP contribution in [0.4, 0.5) is 0 Å². The van der Waals surface area contributed by atoms with E-state index < -0.39 is 0 Å². The Kier molecular flexibility index (Phi) is 3.34. The molecule has 1 amide bonds. The van der Waals surface area contributed by atoms with Crippen molar-refractivity contribution in [2.45, 2.75) is 19.4 Å². The Morgan fingerprint density at radius 3 is 2.57 bits per heavy atom. The molecule has 2 heterocycles. The van der Waals surface area contributed by atoms with Gasteiger partial charge in [-0.15, -0.1) is 0 Å². The van der Waals surface area contributed by atoms with E-state index in [2.05, 4.69) is 4.90 Å². The fourth-order valence-electron chi connectivity index (χ4n) is 2.27. The number of carbonyl (C=O) groups excluding carboxylic acids is 1. The molecule has 0 spiro atoms. The van der Waals surface area contributed by atoms with Gasteiger partial charge in [0, 0.05) is 50.7 Å². The van der Waals surface area contributed by atoms with Gasteiger partial charge in [0.05, 0.1) is 0 Å². The van der Waals surface area contributed by atoms with E-state index in [0.717, 1.165) is 13.1 Å². The van der Waals surface area contributed by atoms with Crippen molar-refractivity contribution in [1.82, 2.24) is 9.80 Å². The molecule has 2 fully saturated rings. The van der Waals surface area contributed by atoms with Gasteiger partial charge in [-0.25, -0.2) is 0 Å². The molecule has 3 nitrogen and oxygen atoms in total. The van der Waals surface area contributed by atoms with Crippen LogP contribution in [-0.4, -0.2) is 59.4 Å². The van der Waals surface area contributed by atoms with Crippen LogP contribution in [0.1, 0.15) is 13.3 Å². The van der Waals surface area contributed by atoms with Crippen molar-refractivity contribution < 1.29 is 4.79 Å². The lowest BCUT2D eigenvalue weighted by Crippen LogP contribution is -2.43. The summed E-state index contributed by atoms with van der Waals surface area (Å²) in [4.78, 5) is 15.7. The SMILES string of the molecule is CC(=O)N1CCC(N2CCSCC2)C1. The molecule has 0 aromatic heterocycles. The van der Waals surface area contributed by atoms with Crippen molar-refractivity contribution in [3.05, 3.63) is 0 Å². The lowest BCUT2D eigenvalue weighted by molar-refractivity contribution is -0.127. The second-order valence-corrected chi connectivity index (χ2v) is 5.28. The normalized spacial score (nSPS) is 29.5. The highest BCUT2D eigenvalue weighted by Gasteiger charge is 2.29. The van der Waals surface area contributed by atoms with Gasteiger partial charge >= 0.3 is 0 Å². The van der Waals surface area contributed by atoms with Crippen LogP contribution in [0.2, 0.25) is 0 Å². The van der Waals surface area contributed by atoms with E-state index in [4.69, 9.17) is 0 Å². The van der Waals surface area contributed by atoms with Crippen LogP contribution in [0.15, 0.2) is 0 Å². The van der Waals surface area contributed by atoms with E-state index in [1.165, 1.54) is 31.0 Å². The number of hydrogen-bond donors (Lipinski definition) is 0. The summed E-state index contributed by atoms with van der Waals surface area (Å²) < 4.78 is 0. The third kappa shape index (κ3) is 2.23. The molecular formula is C10H18N2OS. The van der Waals surface area contributed by atoms with E-state index in [-0.39, 0.29) is 5.91 Å². The molecule has 80 valence electrons. The Balaban J connectivity index is 1.85. The Labute approximate surface area is 89.8 Å². The number of hydrogen-bond acceptors (Lipinski definition) is 3. The summed E-state index contributed by atoms with van der Waals surface area (Å²) in [7, 11) is 0. The van der Waals surface area contributed by atoms with Crippen LogP contribution in [0.3, 0.4) is 0 Å². The molecule has 0 aliphatic carbocycles. The zero-order valence-electron chi connectivity index (χ0n) is 8.74. The minimum Gasteiger partial charge on any atom is -0.341 e. The molecule has 2 aliphatic rings. The van der Waals surface area contributed by atoms with Crippen LogP contribution in [0, 0.1) is 0 Å². The predicted molar refractivity (Wildman–Crippen MR) is 59.6 cm³/mol. The van der Waals surface area contributed by atoms with Gasteiger partial charge in [-0.1, -0.05) is 0 Å². The standard InChI is InChI=1S/C10H18N2OS/c1-9(13)12-3-2-10(8-12)11-4-6-14-7-5-11/h10H,2-8H2,1H3. The average Bonchev–Trinajstić information content (AvgIpc) is 2.68. The Morgan fingerprint density at radius 1 is 1.29 bits per heavy atom. The second-order valence-electron chi connectivity index (χ2n) is 4.06. The molecule has 0 radical (unpaired) electrons. The van der Waals surface area contributed by atoms with Crippen LogP contribution in [-0.2, 0) is 4.79 Å². The van der Waals surface area contributed by atoms with Gasteiger partial charge < -0.3 is 4.90 Å². The smallest absolute Gasteiger partial charge is 0.219 e. The van der Waals surface area contributed by atoms with Crippen molar-refractivity contribution in [3.8, 4) is 0 Å². The van der Waals surface area contributed by atoms with Gasteiger partial charge in [-0.05, 0) is 6.42 Å². The largest absolute Gasteiger partial charge is 0.341 e. The zero-order chi connectivity index (χ0) is 9.97. The maximum Gasteiger partial charge on any atom is 0.219 e. The second kappa shape index (κ2) is 4.53. The summed E-state index contributed by atoms with van der Waals surface area (Å²) in [6.07, 6.45) is 1.17. The van der Waals surface area contributed by atoms with Gasteiger partial charge in [0.1, 0.15) is 0 Å². The lowest BCUT2D eigenvalue weighted by Gasteiger charge is -2.31. The maximum absolute atomic E-state index is 11.2. The number of carbonyl (C=O) groups is 1. The Hall–Kier alpha value is -0.220. The fourth-order valence-corrected chi connectivity index (χ4v) is 3.20. The van der Waals surface area contributed by atoms with Gasteiger partial charge in [-0.2, -0.15) is 11.8 Å². The van der Waals surface area contributed by atoms with Gasteiger partial charge in [0.2, 0.25) is 5.91 Å². The molecule has 2 aliphatic heterocycles. The Morgan fingerprint density at radius 2 is 2.00 bits per heavy atom. The summed E-state index contributed by atoms with van der Waals surface area (Å²) in [5.41, 5.74) is 0. The Bertz CT molecular complexity index is 216. The third-order valence-electron chi connectivity index (χ3n) is 3.17. The average molecular weight is 214 g/mol. The molecule has 0 bridgehead atoms. The number of rotatable bonds is 1. The first-order valence-corrected chi connectivity index (χ1v) is 6.50. The molecule has 4 heteroatoms. The van der Waals surface area contributed by atoms with E-state index >= 15 is 0 Å². The van der Waals surface area contributed by atoms with Gasteiger partial charge in [-0.3, -0.25) is 9.69 Å². The van der Waals surface area contributed by atoms with Crippen molar-refractivity contribution in [3.63, 3.8) is 0 Å². The number of amides is 1. The highest BCUT2D eigenvalue weighted by Crippen LogP contribution is 2.19.